The standard InChI is InChI=1S/C16H19BrFNO/c1-19-13-4-5-14(19)7-11(6-13)16(20)8-10-2-3-12(18)9-15(10)17/h2-3,9,11,13-14H,4-8H2,1H3. The highest BCUT2D eigenvalue weighted by Gasteiger charge is 2.40. The lowest BCUT2D eigenvalue weighted by Gasteiger charge is -2.35. The number of hydrogen-bond acceptors (Lipinski definition) is 2. The van der Waals surface area contributed by atoms with Crippen LogP contribution < -0.4 is 0 Å². The van der Waals surface area contributed by atoms with E-state index in [-0.39, 0.29) is 11.7 Å². The molecule has 1 aromatic rings. The molecule has 0 aromatic heterocycles. The van der Waals surface area contributed by atoms with Gasteiger partial charge in [-0.1, -0.05) is 22.0 Å². The summed E-state index contributed by atoms with van der Waals surface area (Å²) in [5, 5.41) is 0. The average Bonchev–Trinajstić information content (AvgIpc) is 2.64. The van der Waals surface area contributed by atoms with E-state index in [0.29, 0.717) is 28.8 Å². The molecule has 0 radical (unpaired) electrons. The third kappa shape index (κ3) is 2.68. The number of carbonyl (C=O) groups excluding carboxylic acids is 1. The van der Waals surface area contributed by atoms with Crippen molar-refractivity contribution in [2.45, 2.75) is 44.2 Å². The second-order valence-corrected chi connectivity index (χ2v) is 6.95. The van der Waals surface area contributed by atoms with Gasteiger partial charge >= 0.3 is 0 Å². The molecule has 2 aliphatic rings. The number of hydrogen-bond donors (Lipinski definition) is 0. The highest BCUT2D eigenvalue weighted by Crippen LogP contribution is 2.38. The SMILES string of the molecule is CN1C2CCC1CC(C(=O)Cc1ccc(F)cc1Br)C2. The van der Waals surface area contributed by atoms with Crippen molar-refractivity contribution in [1.29, 1.82) is 0 Å². The summed E-state index contributed by atoms with van der Waals surface area (Å²) in [5.74, 6) is 0.216. The van der Waals surface area contributed by atoms with Crippen LogP contribution in [0, 0.1) is 11.7 Å². The second kappa shape index (κ2) is 5.57. The zero-order valence-corrected chi connectivity index (χ0v) is 13.2. The van der Waals surface area contributed by atoms with Gasteiger partial charge in [-0.15, -0.1) is 0 Å². The molecule has 2 bridgehead atoms. The molecule has 2 saturated heterocycles. The number of nitrogens with zero attached hydrogens (tertiary/aromatic N) is 1. The van der Waals surface area contributed by atoms with Crippen LogP contribution in [0.5, 0.6) is 0 Å². The van der Waals surface area contributed by atoms with Gasteiger partial charge in [0.15, 0.2) is 0 Å². The van der Waals surface area contributed by atoms with Crippen molar-refractivity contribution in [2.75, 3.05) is 7.05 Å². The lowest BCUT2D eigenvalue weighted by Crippen LogP contribution is -2.42. The Kier molecular flexibility index (Phi) is 3.95. The van der Waals surface area contributed by atoms with Crippen LogP contribution in [0.25, 0.3) is 0 Å². The average molecular weight is 340 g/mol. The summed E-state index contributed by atoms with van der Waals surface area (Å²) in [7, 11) is 2.18. The van der Waals surface area contributed by atoms with Gasteiger partial charge in [0.2, 0.25) is 0 Å². The van der Waals surface area contributed by atoms with E-state index in [1.54, 1.807) is 6.07 Å². The molecule has 4 heteroatoms. The molecule has 1 aromatic carbocycles. The number of Topliss-reactive ketones (excluding diaryl/α,β-unsaturated/α-hetero) is 1. The first-order valence-corrected chi connectivity index (χ1v) is 8.02. The van der Waals surface area contributed by atoms with E-state index in [4.69, 9.17) is 0 Å². The Morgan fingerprint density at radius 3 is 2.60 bits per heavy atom. The van der Waals surface area contributed by atoms with Crippen molar-refractivity contribution in [3.05, 3.63) is 34.1 Å². The monoisotopic (exact) mass is 339 g/mol. The first kappa shape index (κ1) is 14.2. The summed E-state index contributed by atoms with van der Waals surface area (Å²) in [5.41, 5.74) is 0.891. The summed E-state index contributed by atoms with van der Waals surface area (Å²) >= 11 is 3.34. The molecule has 2 fully saturated rings. The largest absolute Gasteiger partial charge is 0.300 e. The first-order chi connectivity index (χ1) is 9.54. The van der Waals surface area contributed by atoms with E-state index in [0.717, 1.165) is 18.4 Å². The molecule has 0 aliphatic carbocycles. The minimum absolute atomic E-state index is 0.181. The Bertz CT molecular complexity index is 519. The van der Waals surface area contributed by atoms with E-state index in [9.17, 15) is 9.18 Å². The summed E-state index contributed by atoms with van der Waals surface area (Å²) in [6.07, 6.45) is 4.85. The lowest BCUT2D eigenvalue weighted by atomic mass is 9.85. The summed E-state index contributed by atoms with van der Waals surface area (Å²) in [4.78, 5) is 14.9. The van der Waals surface area contributed by atoms with Crippen LogP contribution in [0.2, 0.25) is 0 Å². The normalized spacial score (nSPS) is 29.6. The van der Waals surface area contributed by atoms with Gasteiger partial charge in [-0.05, 0) is 50.4 Å². The van der Waals surface area contributed by atoms with E-state index < -0.39 is 0 Å². The Balaban J connectivity index is 1.68. The minimum Gasteiger partial charge on any atom is -0.300 e. The maximum absolute atomic E-state index is 13.1. The number of benzene rings is 1. The quantitative estimate of drug-likeness (QED) is 0.838. The van der Waals surface area contributed by atoms with Crippen molar-refractivity contribution in [3.63, 3.8) is 0 Å². The molecule has 20 heavy (non-hydrogen) atoms. The minimum atomic E-state index is -0.273. The fourth-order valence-electron chi connectivity index (χ4n) is 3.67. The third-order valence-electron chi connectivity index (χ3n) is 4.93. The zero-order valence-electron chi connectivity index (χ0n) is 11.6. The van der Waals surface area contributed by atoms with E-state index >= 15 is 0 Å². The molecule has 2 atom stereocenters. The van der Waals surface area contributed by atoms with Crippen LogP contribution >= 0.6 is 15.9 Å². The molecule has 3 rings (SSSR count). The molecule has 2 heterocycles. The number of piperidine rings is 1. The van der Waals surface area contributed by atoms with Gasteiger partial charge in [-0.3, -0.25) is 4.79 Å². The molecular formula is C16H19BrFNO. The number of halogens is 2. The summed E-state index contributed by atoms with van der Waals surface area (Å²) in [6, 6.07) is 5.73. The van der Waals surface area contributed by atoms with Crippen LogP contribution in [0.4, 0.5) is 4.39 Å². The maximum atomic E-state index is 13.1. The van der Waals surface area contributed by atoms with Crippen LogP contribution in [-0.2, 0) is 11.2 Å². The molecule has 0 amide bonds. The Morgan fingerprint density at radius 2 is 2.00 bits per heavy atom. The molecule has 2 nitrogen and oxygen atoms in total. The predicted molar refractivity (Wildman–Crippen MR) is 80.1 cm³/mol. The molecule has 0 spiro atoms. The predicted octanol–water partition coefficient (Wildman–Crippen LogP) is 3.57. The Labute approximate surface area is 127 Å². The van der Waals surface area contributed by atoms with Crippen molar-refractivity contribution in [3.8, 4) is 0 Å². The zero-order chi connectivity index (χ0) is 14.3. The van der Waals surface area contributed by atoms with Crippen molar-refractivity contribution < 1.29 is 9.18 Å². The van der Waals surface area contributed by atoms with E-state index in [1.165, 1.54) is 25.0 Å². The second-order valence-electron chi connectivity index (χ2n) is 6.10. The Morgan fingerprint density at radius 1 is 1.35 bits per heavy atom. The highest BCUT2D eigenvalue weighted by molar-refractivity contribution is 9.10. The Hall–Kier alpha value is -0.740. The van der Waals surface area contributed by atoms with Crippen LogP contribution in [0.3, 0.4) is 0 Å². The van der Waals surface area contributed by atoms with Gasteiger partial charge in [-0.25, -0.2) is 4.39 Å². The van der Waals surface area contributed by atoms with E-state index in [2.05, 4.69) is 27.9 Å². The highest BCUT2D eigenvalue weighted by atomic mass is 79.9. The number of carbonyl (C=O) groups is 1. The third-order valence-corrected chi connectivity index (χ3v) is 5.67. The molecule has 2 unspecified atom stereocenters. The number of rotatable bonds is 3. The molecule has 0 saturated carbocycles. The van der Waals surface area contributed by atoms with Crippen molar-refractivity contribution in [1.82, 2.24) is 4.90 Å². The van der Waals surface area contributed by atoms with Crippen LogP contribution in [-0.4, -0.2) is 29.8 Å². The van der Waals surface area contributed by atoms with Gasteiger partial charge in [-0.2, -0.15) is 0 Å². The number of fused-ring (bicyclic) bond motifs is 2. The number of ketones is 1. The lowest BCUT2D eigenvalue weighted by molar-refractivity contribution is -0.124. The summed E-state index contributed by atoms with van der Waals surface area (Å²) in [6.45, 7) is 0. The van der Waals surface area contributed by atoms with Gasteiger partial charge in [0, 0.05) is 28.9 Å². The van der Waals surface area contributed by atoms with Crippen molar-refractivity contribution in [2.24, 2.45) is 5.92 Å². The fourth-order valence-corrected chi connectivity index (χ4v) is 4.16. The molecule has 0 N–H and O–H groups in total. The maximum Gasteiger partial charge on any atom is 0.140 e. The molecule has 2 aliphatic heterocycles. The van der Waals surface area contributed by atoms with Crippen LogP contribution in [0.15, 0.2) is 22.7 Å². The molecular weight excluding hydrogens is 321 g/mol. The topological polar surface area (TPSA) is 20.3 Å². The first-order valence-electron chi connectivity index (χ1n) is 7.23. The van der Waals surface area contributed by atoms with Gasteiger partial charge in [0.25, 0.3) is 0 Å². The smallest absolute Gasteiger partial charge is 0.140 e. The van der Waals surface area contributed by atoms with Crippen LogP contribution in [0.1, 0.15) is 31.2 Å². The molecule has 108 valence electrons. The van der Waals surface area contributed by atoms with Gasteiger partial charge in [0.1, 0.15) is 11.6 Å². The van der Waals surface area contributed by atoms with E-state index in [1.807, 2.05) is 0 Å². The van der Waals surface area contributed by atoms with Gasteiger partial charge < -0.3 is 4.90 Å². The van der Waals surface area contributed by atoms with Gasteiger partial charge in [0.05, 0.1) is 0 Å². The fraction of sp³-hybridized carbons (Fsp3) is 0.562. The van der Waals surface area contributed by atoms with Crippen molar-refractivity contribution >= 4 is 21.7 Å². The summed E-state index contributed by atoms with van der Waals surface area (Å²) < 4.78 is 13.8.